The van der Waals surface area contributed by atoms with Crippen LogP contribution >= 0.6 is 0 Å². The number of nitrogens with one attached hydrogen (secondary N) is 1. The van der Waals surface area contributed by atoms with Gasteiger partial charge >= 0.3 is 0 Å². The molecule has 2 aliphatic carbocycles. The summed E-state index contributed by atoms with van der Waals surface area (Å²) in [4.78, 5) is 0. The largest absolute Gasteiger partial charge is 0.314 e. The molecule has 0 radical (unpaired) electrons. The molecule has 2 saturated carbocycles. The lowest BCUT2D eigenvalue weighted by Crippen LogP contribution is -2.40. The van der Waals surface area contributed by atoms with Gasteiger partial charge in [-0.3, -0.25) is 0 Å². The Morgan fingerprint density at radius 1 is 0.950 bits per heavy atom. The maximum atomic E-state index is 3.83. The van der Waals surface area contributed by atoms with Crippen LogP contribution in [0, 0.1) is 23.7 Å². The second-order valence-electron chi connectivity index (χ2n) is 7.92. The van der Waals surface area contributed by atoms with E-state index in [0.717, 1.165) is 36.3 Å². The van der Waals surface area contributed by atoms with Crippen molar-refractivity contribution in [2.45, 2.75) is 91.0 Å². The second kappa shape index (κ2) is 8.41. The second-order valence-corrected chi connectivity index (χ2v) is 7.92. The lowest BCUT2D eigenvalue weighted by molar-refractivity contribution is 0.164. The van der Waals surface area contributed by atoms with Crippen molar-refractivity contribution < 1.29 is 0 Å². The van der Waals surface area contributed by atoms with E-state index in [0.29, 0.717) is 0 Å². The Bertz CT molecular complexity index is 246. The Kier molecular flexibility index (Phi) is 6.87. The summed E-state index contributed by atoms with van der Waals surface area (Å²) >= 11 is 0. The van der Waals surface area contributed by atoms with Crippen LogP contribution in [-0.4, -0.2) is 12.6 Å². The fourth-order valence-corrected chi connectivity index (χ4v) is 5.00. The summed E-state index contributed by atoms with van der Waals surface area (Å²) in [5.74, 6) is 3.87. The molecule has 0 bridgehead atoms. The fourth-order valence-electron chi connectivity index (χ4n) is 5.00. The summed E-state index contributed by atoms with van der Waals surface area (Å²) < 4.78 is 0. The minimum Gasteiger partial charge on any atom is -0.314 e. The van der Waals surface area contributed by atoms with Crippen molar-refractivity contribution in [2.24, 2.45) is 23.7 Å². The molecule has 0 amide bonds. The standard InChI is InChI=1S/C19H37N/c1-4-20-19(11-10-17-8-6-5-7-9-17)18-13-15(2)12-16(3)14-18/h15-20H,4-14H2,1-3H3. The van der Waals surface area contributed by atoms with Crippen LogP contribution in [0.15, 0.2) is 0 Å². The highest BCUT2D eigenvalue weighted by atomic mass is 14.9. The van der Waals surface area contributed by atoms with Gasteiger partial charge in [0.1, 0.15) is 0 Å². The van der Waals surface area contributed by atoms with Crippen LogP contribution < -0.4 is 5.32 Å². The molecule has 0 aromatic rings. The first-order valence-corrected chi connectivity index (χ1v) is 9.42. The van der Waals surface area contributed by atoms with Crippen molar-refractivity contribution in [3.63, 3.8) is 0 Å². The molecule has 20 heavy (non-hydrogen) atoms. The van der Waals surface area contributed by atoms with E-state index in [1.54, 1.807) is 0 Å². The molecule has 0 aromatic carbocycles. The summed E-state index contributed by atoms with van der Waals surface area (Å²) in [5, 5.41) is 3.83. The van der Waals surface area contributed by atoms with Crippen molar-refractivity contribution in [1.29, 1.82) is 0 Å². The Balaban J connectivity index is 1.82. The van der Waals surface area contributed by atoms with Crippen LogP contribution in [0.25, 0.3) is 0 Å². The van der Waals surface area contributed by atoms with Crippen LogP contribution in [-0.2, 0) is 0 Å². The molecule has 1 nitrogen and oxygen atoms in total. The quantitative estimate of drug-likeness (QED) is 0.686. The Labute approximate surface area is 127 Å². The lowest BCUT2D eigenvalue weighted by Gasteiger charge is -2.37. The minimum atomic E-state index is 0.798. The van der Waals surface area contributed by atoms with E-state index in [1.807, 2.05) is 0 Å². The Morgan fingerprint density at radius 3 is 2.20 bits per heavy atom. The van der Waals surface area contributed by atoms with Gasteiger partial charge < -0.3 is 5.32 Å². The van der Waals surface area contributed by atoms with E-state index in [1.165, 1.54) is 64.2 Å². The number of hydrogen-bond acceptors (Lipinski definition) is 1. The summed E-state index contributed by atoms with van der Waals surface area (Å²) in [6.45, 7) is 8.36. The van der Waals surface area contributed by atoms with Gasteiger partial charge in [-0.15, -0.1) is 0 Å². The van der Waals surface area contributed by atoms with Gasteiger partial charge in [0, 0.05) is 6.04 Å². The van der Waals surface area contributed by atoms with Crippen LogP contribution in [0.3, 0.4) is 0 Å². The normalized spacial score (nSPS) is 34.0. The first-order chi connectivity index (χ1) is 9.69. The zero-order valence-electron chi connectivity index (χ0n) is 14.2. The SMILES string of the molecule is CCNC(CCC1CCCCC1)C1CC(C)CC(C)C1. The van der Waals surface area contributed by atoms with Gasteiger partial charge in [-0.1, -0.05) is 52.9 Å². The predicted octanol–water partition coefficient (Wildman–Crippen LogP) is 5.40. The van der Waals surface area contributed by atoms with Gasteiger partial charge in [0.25, 0.3) is 0 Å². The van der Waals surface area contributed by atoms with E-state index >= 15 is 0 Å². The van der Waals surface area contributed by atoms with Crippen molar-refractivity contribution in [2.75, 3.05) is 6.54 Å². The molecule has 1 heteroatoms. The van der Waals surface area contributed by atoms with Gasteiger partial charge in [-0.2, -0.15) is 0 Å². The zero-order chi connectivity index (χ0) is 14.4. The first-order valence-electron chi connectivity index (χ1n) is 9.42. The topological polar surface area (TPSA) is 12.0 Å². The third-order valence-corrected chi connectivity index (χ3v) is 5.86. The van der Waals surface area contributed by atoms with Crippen LogP contribution in [0.5, 0.6) is 0 Å². The predicted molar refractivity (Wildman–Crippen MR) is 88.9 cm³/mol. The maximum Gasteiger partial charge on any atom is 0.00955 e. The summed E-state index contributed by atoms with van der Waals surface area (Å²) in [7, 11) is 0. The van der Waals surface area contributed by atoms with E-state index in [9.17, 15) is 0 Å². The fraction of sp³-hybridized carbons (Fsp3) is 1.00. The van der Waals surface area contributed by atoms with Gasteiger partial charge in [0.15, 0.2) is 0 Å². The van der Waals surface area contributed by atoms with Gasteiger partial charge in [0.2, 0.25) is 0 Å². The molecule has 2 fully saturated rings. The van der Waals surface area contributed by atoms with Gasteiger partial charge in [-0.05, 0) is 62.3 Å². The Morgan fingerprint density at radius 2 is 1.60 bits per heavy atom. The molecule has 0 spiro atoms. The highest BCUT2D eigenvalue weighted by Gasteiger charge is 2.30. The molecule has 2 rings (SSSR count). The van der Waals surface area contributed by atoms with Crippen LogP contribution in [0.1, 0.15) is 85.0 Å². The maximum absolute atomic E-state index is 3.83. The molecular weight excluding hydrogens is 242 g/mol. The van der Waals surface area contributed by atoms with Gasteiger partial charge in [-0.25, -0.2) is 0 Å². The molecule has 118 valence electrons. The van der Waals surface area contributed by atoms with Crippen molar-refractivity contribution in [3.8, 4) is 0 Å². The number of rotatable bonds is 6. The monoisotopic (exact) mass is 279 g/mol. The van der Waals surface area contributed by atoms with Crippen LogP contribution in [0.2, 0.25) is 0 Å². The summed E-state index contributed by atoms with van der Waals surface area (Å²) in [5.41, 5.74) is 0. The molecular formula is C19H37N. The highest BCUT2D eigenvalue weighted by Crippen LogP contribution is 2.37. The molecule has 3 atom stereocenters. The smallest absolute Gasteiger partial charge is 0.00955 e. The average Bonchev–Trinajstić information content (AvgIpc) is 2.43. The molecule has 0 aliphatic heterocycles. The minimum absolute atomic E-state index is 0.798. The van der Waals surface area contributed by atoms with Crippen LogP contribution in [0.4, 0.5) is 0 Å². The first kappa shape index (κ1) is 16.3. The van der Waals surface area contributed by atoms with Crippen molar-refractivity contribution >= 4 is 0 Å². The zero-order valence-corrected chi connectivity index (χ0v) is 14.2. The highest BCUT2D eigenvalue weighted by molar-refractivity contribution is 4.84. The van der Waals surface area contributed by atoms with E-state index < -0.39 is 0 Å². The molecule has 0 heterocycles. The van der Waals surface area contributed by atoms with E-state index in [2.05, 4.69) is 26.1 Å². The van der Waals surface area contributed by atoms with E-state index in [-0.39, 0.29) is 0 Å². The van der Waals surface area contributed by atoms with Crippen molar-refractivity contribution in [1.82, 2.24) is 5.32 Å². The molecule has 0 aromatic heterocycles. The Hall–Kier alpha value is -0.0400. The average molecular weight is 280 g/mol. The van der Waals surface area contributed by atoms with Crippen molar-refractivity contribution in [3.05, 3.63) is 0 Å². The molecule has 2 aliphatic rings. The summed E-state index contributed by atoms with van der Waals surface area (Å²) in [6.07, 6.45) is 14.8. The van der Waals surface area contributed by atoms with Gasteiger partial charge in [0.05, 0.1) is 0 Å². The number of hydrogen-bond donors (Lipinski definition) is 1. The lowest BCUT2D eigenvalue weighted by atomic mass is 9.72. The third-order valence-electron chi connectivity index (χ3n) is 5.86. The molecule has 0 saturated heterocycles. The summed E-state index contributed by atoms with van der Waals surface area (Å²) in [6, 6.07) is 0.798. The third kappa shape index (κ3) is 5.06. The molecule has 1 N–H and O–H groups in total. The molecule has 3 unspecified atom stereocenters. The van der Waals surface area contributed by atoms with E-state index in [4.69, 9.17) is 0 Å².